The zero-order chi connectivity index (χ0) is 18.8. The van der Waals surface area contributed by atoms with E-state index < -0.39 is 0 Å². The first-order chi connectivity index (χ1) is 13.2. The van der Waals surface area contributed by atoms with Gasteiger partial charge in [-0.1, -0.05) is 0 Å². The van der Waals surface area contributed by atoms with Crippen molar-refractivity contribution in [3.63, 3.8) is 0 Å². The van der Waals surface area contributed by atoms with Gasteiger partial charge in [-0.05, 0) is 42.5 Å². The fraction of sp³-hybridized carbons (Fsp3) is 0.0476. The second-order valence-electron chi connectivity index (χ2n) is 5.89. The lowest BCUT2D eigenvalue weighted by molar-refractivity contribution is 0.0964. The van der Waals surface area contributed by atoms with E-state index in [2.05, 4.69) is 16.0 Å². The van der Waals surface area contributed by atoms with Crippen LogP contribution in [0.5, 0.6) is 5.75 Å². The summed E-state index contributed by atoms with van der Waals surface area (Å²) in [7, 11) is 1.56. The zero-order valence-electron chi connectivity index (χ0n) is 14.5. The van der Waals surface area contributed by atoms with Gasteiger partial charge in [-0.25, -0.2) is 4.98 Å². The van der Waals surface area contributed by atoms with Gasteiger partial charge in [0.05, 0.1) is 24.3 Å². The molecule has 0 aliphatic carbocycles. The number of aromatic nitrogens is 3. The Labute approximate surface area is 155 Å². The Hall–Kier alpha value is -3.98. The largest absolute Gasteiger partial charge is 0.497 e. The topological polar surface area (TPSA) is 80.8 Å². The molecule has 0 aliphatic rings. The highest BCUT2D eigenvalue weighted by atomic mass is 16.5. The minimum absolute atomic E-state index is 0.194. The fourth-order valence-corrected chi connectivity index (χ4v) is 2.96. The molecule has 3 heterocycles. The molecule has 1 aromatic carbocycles. The van der Waals surface area contributed by atoms with Crippen LogP contribution in [0.15, 0.2) is 67.3 Å². The van der Waals surface area contributed by atoms with E-state index in [4.69, 9.17) is 4.74 Å². The third kappa shape index (κ3) is 2.92. The van der Waals surface area contributed by atoms with Crippen molar-refractivity contribution in [2.24, 2.45) is 0 Å². The summed E-state index contributed by atoms with van der Waals surface area (Å²) in [5, 5.41) is 10.2. The first kappa shape index (κ1) is 16.5. The number of methoxy groups -OCH3 is 1. The average Bonchev–Trinajstić information content (AvgIpc) is 3.16. The highest BCUT2D eigenvalue weighted by molar-refractivity contribution is 6.01. The maximum atomic E-state index is 12.7. The van der Waals surface area contributed by atoms with Crippen LogP contribution in [0.3, 0.4) is 0 Å². The van der Waals surface area contributed by atoms with Crippen LogP contribution in [0.4, 0.5) is 0 Å². The Balaban J connectivity index is 1.78. The Morgan fingerprint density at radius 3 is 2.81 bits per heavy atom. The molecule has 0 atom stereocenters. The molecule has 0 fully saturated rings. The lowest BCUT2D eigenvalue weighted by atomic mass is 10.0. The van der Waals surface area contributed by atoms with Gasteiger partial charge in [-0.15, -0.1) is 0 Å². The molecule has 0 aliphatic heterocycles. The lowest BCUT2D eigenvalue weighted by Gasteiger charge is -2.07. The number of carbonyl (C=O) groups is 1. The van der Waals surface area contributed by atoms with Crippen molar-refractivity contribution in [3.05, 3.63) is 78.4 Å². The molecule has 0 unspecified atom stereocenters. The van der Waals surface area contributed by atoms with Crippen LogP contribution in [0.1, 0.15) is 15.9 Å². The Bertz CT molecular complexity index is 1190. The fourth-order valence-electron chi connectivity index (χ4n) is 2.96. The molecular weight excluding hydrogens is 340 g/mol. The number of ether oxygens (including phenoxy) is 1. The summed E-state index contributed by atoms with van der Waals surface area (Å²) < 4.78 is 6.67. The van der Waals surface area contributed by atoms with Gasteiger partial charge in [0, 0.05) is 41.3 Å². The van der Waals surface area contributed by atoms with Crippen LogP contribution in [0.25, 0.3) is 22.2 Å². The van der Waals surface area contributed by atoms with E-state index in [9.17, 15) is 10.1 Å². The summed E-state index contributed by atoms with van der Waals surface area (Å²) in [6, 6.07) is 14.7. The third-order valence-corrected chi connectivity index (χ3v) is 4.31. The monoisotopic (exact) mass is 354 g/mol. The van der Waals surface area contributed by atoms with Crippen molar-refractivity contribution < 1.29 is 9.53 Å². The molecule has 0 saturated heterocycles. The van der Waals surface area contributed by atoms with Crippen LogP contribution in [-0.2, 0) is 0 Å². The molecule has 0 N–H and O–H groups in total. The molecule has 3 aromatic heterocycles. The molecule has 0 radical (unpaired) electrons. The van der Waals surface area contributed by atoms with Crippen molar-refractivity contribution in [1.82, 2.24) is 14.5 Å². The summed E-state index contributed by atoms with van der Waals surface area (Å²) in [6.45, 7) is 0. The highest BCUT2D eigenvalue weighted by Gasteiger charge is 2.14. The third-order valence-electron chi connectivity index (χ3n) is 4.31. The van der Waals surface area contributed by atoms with Crippen molar-refractivity contribution in [3.8, 4) is 22.9 Å². The maximum Gasteiger partial charge on any atom is 0.265 e. The van der Waals surface area contributed by atoms with Gasteiger partial charge in [0.1, 0.15) is 11.4 Å². The maximum absolute atomic E-state index is 12.7. The van der Waals surface area contributed by atoms with E-state index in [1.165, 1.54) is 10.8 Å². The standard InChI is InChI=1S/C21H14N4O2/c1-27-18-4-5-19(16(10-18)11-22)17-9-14-6-8-25(20(14)24-13-17)21(26)15-3-2-7-23-12-15/h2-10,12-13H,1H3. The van der Waals surface area contributed by atoms with Gasteiger partial charge in [-0.2, -0.15) is 5.26 Å². The van der Waals surface area contributed by atoms with Crippen molar-refractivity contribution in [2.45, 2.75) is 0 Å². The van der Waals surface area contributed by atoms with E-state index in [0.717, 1.165) is 16.5 Å². The number of hydrogen-bond acceptors (Lipinski definition) is 5. The quantitative estimate of drug-likeness (QED) is 0.561. The van der Waals surface area contributed by atoms with Crippen molar-refractivity contribution in [2.75, 3.05) is 7.11 Å². The number of fused-ring (bicyclic) bond motifs is 1. The smallest absolute Gasteiger partial charge is 0.265 e. The minimum atomic E-state index is -0.194. The van der Waals surface area contributed by atoms with Gasteiger partial charge >= 0.3 is 0 Å². The van der Waals surface area contributed by atoms with Crippen LogP contribution in [0.2, 0.25) is 0 Å². The number of hydrogen-bond donors (Lipinski definition) is 0. The van der Waals surface area contributed by atoms with E-state index >= 15 is 0 Å². The van der Waals surface area contributed by atoms with Gasteiger partial charge in [0.25, 0.3) is 5.91 Å². The second kappa shape index (κ2) is 6.73. The number of carbonyl (C=O) groups excluding carboxylic acids is 1. The predicted octanol–water partition coefficient (Wildman–Crippen LogP) is 3.67. The molecule has 6 nitrogen and oxygen atoms in total. The van der Waals surface area contributed by atoms with Crippen LogP contribution < -0.4 is 4.74 Å². The summed E-state index contributed by atoms with van der Waals surface area (Å²) in [6.07, 6.45) is 6.50. The zero-order valence-corrected chi connectivity index (χ0v) is 14.5. The Kier molecular flexibility index (Phi) is 4.11. The van der Waals surface area contributed by atoms with Gasteiger partial charge in [0.2, 0.25) is 0 Å². The Morgan fingerprint density at radius 1 is 1.19 bits per heavy atom. The lowest BCUT2D eigenvalue weighted by Crippen LogP contribution is -2.11. The molecule has 0 amide bonds. The number of benzene rings is 1. The van der Waals surface area contributed by atoms with Crippen LogP contribution >= 0.6 is 0 Å². The van der Waals surface area contributed by atoms with E-state index in [-0.39, 0.29) is 5.91 Å². The first-order valence-corrected chi connectivity index (χ1v) is 8.21. The summed E-state index contributed by atoms with van der Waals surface area (Å²) in [5.74, 6) is 0.429. The summed E-state index contributed by atoms with van der Waals surface area (Å²) in [5.41, 5.74) is 3.11. The molecule has 0 spiro atoms. The second-order valence-corrected chi connectivity index (χ2v) is 5.89. The molecule has 0 bridgehead atoms. The predicted molar refractivity (Wildman–Crippen MR) is 100 cm³/mol. The summed E-state index contributed by atoms with van der Waals surface area (Å²) >= 11 is 0. The van der Waals surface area contributed by atoms with Gasteiger partial charge in [-0.3, -0.25) is 14.3 Å². The van der Waals surface area contributed by atoms with Crippen molar-refractivity contribution in [1.29, 1.82) is 5.26 Å². The van der Waals surface area contributed by atoms with E-state index in [1.807, 2.05) is 18.2 Å². The van der Waals surface area contributed by atoms with Gasteiger partial charge < -0.3 is 4.74 Å². The SMILES string of the molecule is COc1ccc(-c2cnc3c(ccn3C(=O)c3cccnc3)c2)c(C#N)c1. The van der Waals surface area contributed by atoms with Crippen LogP contribution in [-0.4, -0.2) is 27.6 Å². The molecule has 4 aromatic rings. The average molecular weight is 354 g/mol. The highest BCUT2D eigenvalue weighted by Crippen LogP contribution is 2.29. The number of nitrogens with zero attached hydrogens (tertiary/aromatic N) is 4. The minimum Gasteiger partial charge on any atom is -0.497 e. The Morgan fingerprint density at radius 2 is 2.07 bits per heavy atom. The molecule has 4 rings (SSSR count). The molecular formula is C21H14N4O2. The number of pyridine rings is 2. The molecule has 6 heteroatoms. The number of rotatable bonds is 3. The molecule has 130 valence electrons. The summed E-state index contributed by atoms with van der Waals surface area (Å²) in [4.78, 5) is 21.1. The van der Waals surface area contributed by atoms with E-state index in [0.29, 0.717) is 22.5 Å². The normalized spacial score (nSPS) is 10.5. The van der Waals surface area contributed by atoms with Gasteiger partial charge in [0.15, 0.2) is 0 Å². The van der Waals surface area contributed by atoms with Crippen LogP contribution in [0, 0.1) is 11.3 Å². The first-order valence-electron chi connectivity index (χ1n) is 8.21. The molecule has 0 saturated carbocycles. The van der Waals surface area contributed by atoms with E-state index in [1.54, 1.807) is 50.0 Å². The van der Waals surface area contributed by atoms with Crippen molar-refractivity contribution >= 4 is 16.9 Å². The molecule has 27 heavy (non-hydrogen) atoms. The number of nitriles is 1.